The quantitative estimate of drug-likeness (QED) is 0.367. The number of hydrogen-bond acceptors (Lipinski definition) is 4. The van der Waals surface area contributed by atoms with Crippen molar-refractivity contribution in [2.45, 2.75) is 20.1 Å². The van der Waals surface area contributed by atoms with E-state index in [1.807, 2.05) is 67.6 Å². The lowest BCUT2D eigenvalue weighted by Crippen LogP contribution is -2.25. The minimum Gasteiger partial charge on any atom is -0.473 e. The summed E-state index contributed by atoms with van der Waals surface area (Å²) in [6, 6.07) is 23.1. The van der Waals surface area contributed by atoms with Crippen LogP contribution in [-0.2, 0) is 18.0 Å². The first-order valence-electron chi connectivity index (χ1n) is 10.9. The summed E-state index contributed by atoms with van der Waals surface area (Å²) in [4.78, 5) is 19.3. The largest absolute Gasteiger partial charge is 0.473 e. The number of pyridine rings is 1. The van der Waals surface area contributed by atoms with Gasteiger partial charge in [-0.3, -0.25) is 9.69 Å². The molecule has 5 heteroatoms. The van der Waals surface area contributed by atoms with Crippen LogP contribution >= 0.6 is 0 Å². The van der Waals surface area contributed by atoms with Crippen LogP contribution in [0.2, 0.25) is 0 Å². The van der Waals surface area contributed by atoms with Crippen LogP contribution in [0.25, 0.3) is 0 Å². The van der Waals surface area contributed by atoms with E-state index in [0.717, 1.165) is 16.7 Å². The second-order valence-corrected chi connectivity index (χ2v) is 7.89. The molecule has 0 radical (unpaired) electrons. The van der Waals surface area contributed by atoms with Crippen molar-refractivity contribution in [2.75, 3.05) is 4.90 Å². The van der Waals surface area contributed by atoms with Crippen molar-refractivity contribution in [1.82, 2.24) is 4.98 Å². The topological polar surface area (TPSA) is 51.7 Å². The van der Waals surface area contributed by atoms with Gasteiger partial charge in [0.1, 0.15) is 18.9 Å². The zero-order valence-corrected chi connectivity index (χ0v) is 19.2. The zero-order chi connectivity index (χ0) is 24.1. The smallest absolute Gasteiger partial charge is 0.263 e. The number of carbonyl (C=O) groups is 1. The summed E-state index contributed by atoms with van der Waals surface area (Å²) in [7, 11) is 0. The Bertz CT molecular complexity index is 1280. The Morgan fingerprint density at radius 3 is 2.09 bits per heavy atom. The molecule has 170 valence electrons. The number of carbonyl (C=O) groups excluding carboxylic acids is 1. The van der Waals surface area contributed by atoms with Gasteiger partial charge in [0.2, 0.25) is 11.8 Å². The van der Waals surface area contributed by atoms with E-state index in [4.69, 9.17) is 9.47 Å². The molecule has 1 aliphatic rings. The summed E-state index contributed by atoms with van der Waals surface area (Å²) in [5, 5.41) is 0. The maximum Gasteiger partial charge on any atom is 0.263 e. The lowest BCUT2D eigenvalue weighted by atomic mass is 10.0. The molecule has 0 saturated carbocycles. The van der Waals surface area contributed by atoms with Crippen molar-refractivity contribution in [1.29, 1.82) is 0 Å². The molecule has 0 atom stereocenters. The molecule has 2 aromatic carbocycles. The lowest BCUT2D eigenvalue weighted by Gasteiger charge is -2.21. The third-order valence-corrected chi connectivity index (χ3v) is 5.38. The summed E-state index contributed by atoms with van der Waals surface area (Å²) < 4.78 is 12.0. The molecule has 4 rings (SSSR count). The Labute approximate surface area is 200 Å². The predicted octanol–water partition coefficient (Wildman–Crippen LogP) is 6.16. The highest BCUT2D eigenvalue weighted by atomic mass is 16.5. The van der Waals surface area contributed by atoms with E-state index < -0.39 is 0 Å². The molecule has 2 heterocycles. The molecule has 1 amide bonds. The zero-order valence-electron chi connectivity index (χ0n) is 19.2. The number of benzene rings is 2. The monoisotopic (exact) mass is 450 g/mol. The highest BCUT2D eigenvalue weighted by Gasteiger charge is 2.35. The van der Waals surface area contributed by atoms with Gasteiger partial charge in [-0.15, -0.1) is 0 Å². The van der Waals surface area contributed by atoms with E-state index in [9.17, 15) is 4.79 Å². The number of hydrogen-bond donors (Lipinski definition) is 0. The van der Waals surface area contributed by atoms with Gasteiger partial charge < -0.3 is 9.47 Å². The van der Waals surface area contributed by atoms with Crippen molar-refractivity contribution in [2.24, 2.45) is 0 Å². The maximum atomic E-state index is 13.2. The Balaban J connectivity index is 1.70. The van der Waals surface area contributed by atoms with Crippen molar-refractivity contribution in [3.8, 4) is 11.8 Å². The van der Waals surface area contributed by atoms with E-state index >= 15 is 0 Å². The molecule has 1 aliphatic heterocycles. The molecule has 34 heavy (non-hydrogen) atoms. The molecule has 0 bridgehead atoms. The number of nitrogens with zero attached hydrogens (tertiary/aromatic N) is 2. The maximum absolute atomic E-state index is 13.2. The molecule has 1 aromatic heterocycles. The number of anilines is 1. The average Bonchev–Trinajstić information content (AvgIpc) is 3.12. The molecule has 0 unspecified atom stereocenters. The van der Waals surface area contributed by atoms with E-state index in [1.54, 1.807) is 18.2 Å². The van der Waals surface area contributed by atoms with E-state index in [1.165, 1.54) is 4.90 Å². The molecule has 0 spiro atoms. The molecular formula is C29H26N2O3. The van der Waals surface area contributed by atoms with Crippen LogP contribution in [0.5, 0.6) is 11.8 Å². The van der Waals surface area contributed by atoms with Gasteiger partial charge in [0.25, 0.3) is 5.91 Å². The van der Waals surface area contributed by atoms with Gasteiger partial charge in [-0.2, -0.15) is 4.98 Å². The van der Waals surface area contributed by atoms with Crippen LogP contribution in [0, 0.1) is 0 Å². The predicted molar refractivity (Wildman–Crippen MR) is 134 cm³/mol. The number of allylic oxidation sites excluding steroid dienone is 2. The highest BCUT2D eigenvalue weighted by molar-refractivity contribution is 6.16. The van der Waals surface area contributed by atoms with E-state index in [-0.39, 0.29) is 18.4 Å². The summed E-state index contributed by atoms with van der Waals surface area (Å²) >= 11 is 0. The fraction of sp³-hybridized carbons (Fsp3) is 0.103. The average molecular weight is 451 g/mol. The molecule has 0 saturated heterocycles. The number of amides is 1. The molecule has 5 nitrogen and oxygen atoms in total. The van der Waals surface area contributed by atoms with Gasteiger partial charge in [-0.25, -0.2) is 0 Å². The van der Waals surface area contributed by atoms with Crippen LogP contribution in [0.3, 0.4) is 0 Å². The van der Waals surface area contributed by atoms with Crippen molar-refractivity contribution < 1.29 is 14.3 Å². The number of aromatic nitrogens is 1. The van der Waals surface area contributed by atoms with Crippen molar-refractivity contribution in [3.05, 3.63) is 132 Å². The van der Waals surface area contributed by atoms with E-state index in [0.29, 0.717) is 35.0 Å². The summed E-state index contributed by atoms with van der Waals surface area (Å²) in [6.07, 6.45) is 1.63. The molecule has 0 fully saturated rings. The summed E-state index contributed by atoms with van der Waals surface area (Å²) in [5.74, 6) is 0.403. The first-order valence-corrected chi connectivity index (χ1v) is 10.9. The first kappa shape index (κ1) is 22.8. The molecule has 3 aromatic rings. The molecule has 0 N–H and O–H groups in total. The minimum atomic E-state index is -0.266. The fourth-order valence-electron chi connectivity index (χ4n) is 3.76. The van der Waals surface area contributed by atoms with Gasteiger partial charge in [-0.05, 0) is 35.8 Å². The van der Waals surface area contributed by atoms with Gasteiger partial charge in [0, 0.05) is 17.2 Å². The van der Waals surface area contributed by atoms with E-state index in [2.05, 4.69) is 24.7 Å². The van der Waals surface area contributed by atoms with Crippen molar-refractivity contribution in [3.63, 3.8) is 0 Å². The fourth-order valence-corrected chi connectivity index (χ4v) is 3.76. The Morgan fingerprint density at radius 2 is 1.53 bits per heavy atom. The molecule has 0 aliphatic carbocycles. The van der Waals surface area contributed by atoms with Crippen LogP contribution in [0.15, 0.2) is 121 Å². The van der Waals surface area contributed by atoms with Crippen LogP contribution in [-0.4, -0.2) is 10.9 Å². The Kier molecular flexibility index (Phi) is 6.74. The van der Waals surface area contributed by atoms with Crippen LogP contribution in [0.4, 0.5) is 5.69 Å². The van der Waals surface area contributed by atoms with Gasteiger partial charge in [0.15, 0.2) is 0 Å². The van der Waals surface area contributed by atoms with Gasteiger partial charge >= 0.3 is 0 Å². The van der Waals surface area contributed by atoms with Gasteiger partial charge in [0.05, 0.1) is 5.70 Å². The lowest BCUT2D eigenvalue weighted by molar-refractivity contribution is -0.114. The first-order chi connectivity index (χ1) is 16.5. The van der Waals surface area contributed by atoms with Crippen LogP contribution in [0.1, 0.15) is 18.1 Å². The highest BCUT2D eigenvalue weighted by Crippen LogP contribution is 2.41. The van der Waals surface area contributed by atoms with Crippen molar-refractivity contribution >= 4 is 11.6 Å². The Hall–Kier alpha value is -4.38. The minimum absolute atomic E-state index is 0.266. The normalized spacial score (nSPS) is 13.3. The second-order valence-electron chi connectivity index (χ2n) is 7.89. The second kappa shape index (κ2) is 10.0. The van der Waals surface area contributed by atoms with Gasteiger partial charge in [-0.1, -0.05) is 80.4 Å². The molecular weight excluding hydrogens is 424 g/mol. The van der Waals surface area contributed by atoms with Crippen LogP contribution < -0.4 is 14.4 Å². The number of rotatable bonds is 9. The third kappa shape index (κ3) is 4.69. The standard InChI is InChI=1S/C29H26N2O3/c1-5-24-27(20(2)3)21(4)29(32)31(24)25-16-17-26(33-18-22-12-8-6-9-13-22)30-28(25)34-19-23-14-10-7-11-15-23/h5-17H,1-2,4,18-19H2,3H3. The summed E-state index contributed by atoms with van der Waals surface area (Å²) in [5.41, 5.74) is 4.86. The SMILES string of the molecule is C=CC1=C(C(=C)C)C(=C)C(=O)N1c1ccc(OCc2ccccc2)nc1OCc1ccccc1. The Morgan fingerprint density at radius 1 is 0.941 bits per heavy atom. The summed E-state index contributed by atoms with van der Waals surface area (Å²) in [6.45, 7) is 14.4. The third-order valence-electron chi connectivity index (χ3n) is 5.38. The number of ether oxygens (including phenoxy) is 2.